The van der Waals surface area contributed by atoms with Crippen LogP contribution in [0, 0.1) is 0 Å². The number of allylic oxidation sites excluding steroid dienone is 1. The maximum Gasteiger partial charge on any atom is 0.337 e. The molecule has 1 aromatic carbocycles. The molecule has 1 rings (SSSR count). The zero-order chi connectivity index (χ0) is 13.5. The molecule has 4 nitrogen and oxygen atoms in total. The summed E-state index contributed by atoms with van der Waals surface area (Å²) in [6.45, 7) is 1.88. The lowest BCUT2D eigenvalue weighted by Crippen LogP contribution is -2.01. The molecule has 0 spiro atoms. The van der Waals surface area contributed by atoms with Crippen LogP contribution >= 0.6 is 11.8 Å². The largest absolute Gasteiger partial charge is 0.465 e. The molecule has 0 saturated carbocycles. The van der Waals surface area contributed by atoms with E-state index in [1.54, 1.807) is 23.9 Å². The van der Waals surface area contributed by atoms with E-state index in [4.69, 9.17) is 10.5 Å². The van der Waals surface area contributed by atoms with Crippen molar-refractivity contribution in [1.82, 2.24) is 0 Å². The first-order valence-corrected chi connectivity index (χ1v) is 6.54. The second kappa shape index (κ2) is 6.86. The second-order valence-corrected chi connectivity index (χ2v) is 4.29. The predicted molar refractivity (Wildman–Crippen MR) is 76.6 cm³/mol. The van der Waals surface area contributed by atoms with E-state index in [-0.39, 0.29) is 5.97 Å². The average molecular weight is 264 g/mol. The molecule has 0 aliphatic carbocycles. The van der Waals surface area contributed by atoms with Crippen LogP contribution in [0.5, 0.6) is 0 Å². The fourth-order valence-corrected chi connectivity index (χ4v) is 2.26. The first kappa shape index (κ1) is 14.3. The highest BCUT2D eigenvalue weighted by Crippen LogP contribution is 2.29. The number of carbonyl (C=O) groups excluding carboxylic acids is 1. The van der Waals surface area contributed by atoms with Crippen LogP contribution in [0.3, 0.4) is 0 Å². The number of hydrogen-bond acceptors (Lipinski definition) is 4. The SMILES string of the molecule is COC(=O)c1cccc(/C(SC)=C(\C)N=CN)c1. The normalized spacial score (nSPS) is 12.4. The fourth-order valence-electron chi connectivity index (χ4n) is 1.55. The van der Waals surface area contributed by atoms with Crippen LogP contribution in [0.4, 0.5) is 0 Å². The number of methoxy groups -OCH3 is 1. The van der Waals surface area contributed by atoms with E-state index in [1.165, 1.54) is 13.4 Å². The molecule has 0 saturated heterocycles. The van der Waals surface area contributed by atoms with Crippen molar-refractivity contribution in [3.8, 4) is 0 Å². The van der Waals surface area contributed by atoms with Crippen molar-refractivity contribution < 1.29 is 9.53 Å². The Morgan fingerprint density at radius 3 is 2.67 bits per heavy atom. The summed E-state index contributed by atoms with van der Waals surface area (Å²) in [5.74, 6) is -0.350. The number of hydrogen-bond donors (Lipinski definition) is 1. The Balaban J connectivity index is 3.23. The van der Waals surface area contributed by atoms with Crippen molar-refractivity contribution >= 4 is 29.0 Å². The smallest absolute Gasteiger partial charge is 0.337 e. The van der Waals surface area contributed by atoms with E-state index in [1.807, 2.05) is 25.3 Å². The van der Waals surface area contributed by atoms with Crippen LogP contribution in [0.15, 0.2) is 35.0 Å². The highest BCUT2D eigenvalue weighted by Gasteiger charge is 2.09. The van der Waals surface area contributed by atoms with E-state index in [0.29, 0.717) is 5.56 Å². The number of ether oxygens (including phenoxy) is 1. The van der Waals surface area contributed by atoms with Gasteiger partial charge in [-0.05, 0) is 30.9 Å². The fraction of sp³-hybridized carbons (Fsp3) is 0.231. The quantitative estimate of drug-likeness (QED) is 0.515. The number of nitrogens with zero attached hydrogens (tertiary/aromatic N) is 1. The topological polar surface area (TPSA) is 64.7 Å². The molecule has 96 valence electrons. The number of carbonyl (C=O) groups is 1. The van der Waals surface area contributed by atoms with Gasteiger partial charge in [0.1, 0.15) is 0 Å². The molecule has 0 aliphatic heterocycles. The van der Waals surface area contributed by atoms with Gasteiger partial charge >= 0.3 is 5.97 Å². The van der Waals surface area contributed by atoms with Gasteiger partial charge < -0.3 is 10.5 Å². The lowest BCUT2D eigenvalue weighted by atomic mass is 10.1. The van der Waals surface area contributed by atoms with Crippen molar-refractivity contribution in [2.24, 2.45) is 10.7 Å². The van der Waals surface area contributed by atoms with Gasteiger partial charge in [-0.1, -0.05) is 12.1 Å². The van der Waals surface area contributed by atoms with Crippen LogP contribution in [0.25, 0.3) is 4.91 Å². The highest BCUT2D eigenvalue weighted by atomic mass is 32.2. The lowest BCUT2D eigenvalue weighted by molar-refractivity contribution is 0.0600. The highest BCUT2D eigenvalue weighted by molar-refractivity contribution is 8.07. The van der Waals surface area contributed by atoms with Crippen molar-refractivity contribution in [3.63, 3.8) is 0 Å². The molecule has 0 unspecified atom stereocenters. The molecular weight excluding hydrogens is 248 g/mol. The van der Waals surface area contributed by atoms with E-state index in [2.05, 4.69) is 4.99 Å². The monoisotopic (exact) mass is 264 g/mol. The third-order valence-electron chi connectivity index (χ3n) is 2.35. The van der Waals surface area contributed by atoms with Crippen molar-refractivity contribution in [2.45, 2.75) is 6.92 Å². The Bertz CT molecular complexity index is 496. The third kappa shape index (κ3) is 3.37. The average Bonchev–Trinajstić information content (AvgIpc) is 2.39. The Hall–Kier alpha value is -1.75. The summed E-state index contributed by atoms with van der Waals surface area (Å²) >= 11 is 1.56. The van der Waals surface area contributed by atoms with Crippen LogP contribution in [-0.4, -0.2) is 25.7 Å². The molecule has 0 aliphatic rings. The zero-order valence-electron chi connectivity index (χ0n) is 10.6. The summed E-state index contributed by atoms with van der Waals surface area (Å²) in [6, 6.07) is 7.24. The van der Waals surface area contributed by atoms with Gasteiger partial charge in [0.25, 0.3) is 0 Å². The molecule has 0 fully saturated rings. The first-order valence-electron chi connectivity index (χ1n) is 5.32. The first-order chi connectivity index (χ1) is 8.63. The minimum Gasteiger partial charge on any atom is -0.465 e. The molecule has 0 heterocycles. The standard InChI is InChI=1S/C13H16N2O2S/c1-9(15-8-14)12(18-3)10-5-4-6-11(7-10)13(16)17-2/h4-8H,1-3H3,(H2,14,15)/b12-9-. The maximum atomic E-state index is 11.5. The second-order valence-electron chi connectivity index (χ2n) is 3.47. The van der Waals surface area contributed by atoms with Crippen LogP contribution in [-0.2, 0) is 4.74 Å². The lowest BCUT2D eigenvalue weighted by Gasteiger charge is -2.08. The number of benzene rings is 1. The predicted octanol–water partition coefficient (Wildman–Crippen LogP) is 2.51. The van der Waals surface area contributed by atoms with Gasteiger partial charge in [-0.25, -0.2) is 9.79 Å². The minimum atomic E-state index is -0.350. The molecule has 2 N–H and O–H groups in total. The maximum absolute atomic E-state index is 11.5. The molecule has 0 radical (unpaired) electrons. The summed E-state index contributed by atoms with van der Waals surface area (Å²) in [7, 11) is 1.37. The molecule has 0 aromatic heterocycles. The summed E-state index contributed by atoms with van der Waals surface area (Å²) in [5, 5.41) is 0. The number of rotatable bonds is 4. The van der Waals surface area contributed by atoms with Gasteiger partial charge in [0.2, 0.25) is 0 Å². The number of thioether (sulfide) groups is 1. The summed E-state index contributed by atoms with van der Waals surface area (Å²) in [4.78, 5) is 16.5. The van der Waals surface area contributed by atoms with Crippen molar-refractivity contribution in [3.05, 3.63) is 41.1 Å². The van der Waals surface area contributed by atoms with E-state index in [9.17, 15) is 4.79 Å². The van der Waals surface area contributed by atoms with Crippen molar-refractivity contribution in [1.29, 1.82) is 0 Å². The summed E-state index contributed by atoms with van der Waals surface area (Å²) < 4.78 is 4.70. The van der Waals surface area contributed by atoms with Crippen molar-refractivity contribution in [2.75, 3.05) is 13.4 Å². The van der Waals surface area contributed by atoms with Gasteiger partial charge in [-0.15, -0.1) is 11.8 Å². The Morgan fingerprint density at radius 2 is 2.11 bits per heavy atom. The number of esters is 1. The minimum absolute atomic E-state index is 0.350. The molecule has 1 aromatic rings. The van der Waals surface area contributed by atoms with Gasteiger partial charge in [0.15, 0.2) is 0 Å². The number of nitrogens with two attached hydrogens (primary N) is 1. The summed E-state index contributed by atoms with van der Waals surface area (Å²) in [5.41, 5.74) is 7.55. The Kier molecular flexibility index (Phi) is 5.45. The molecule has 0 bridgehead atoms. The number of aliphatic imine (C=N–C) groups is 1. The van der Waals surface area contributed by atoms with Gasteiger partial charge in [-0.3, -0.25) is 0 Å². The Morgan fingerprint density at radius 1 is 1.44 bits per heavy atom. The van der Waals surface area contributed by atoms with E-state index < -0.39 is 0 Å². The molecular formula is C13H16N2O2S. The zero-order valence-corrected chi connectivity index (χ0v) is 11.5. The van der Waals surface area contributed by atoms with Gasteiger partial charge in [0, 0.05) is 4.91 Å². The van der Waals surface area contributed by atoms with Crippen LogP contribution < -0.4 is 5.73 Å². The molecule has 0 amide bonds. The van der Waals surface area contributed by atoms with Gasteiger partial charge in [-0.2, -0.15) is 0 Å². The van der Waals surface area contributed by atoms with Crippen LogP contribution in [0.1, 0.15) is 22.8 Å². The van der Waals surface area contributed by atoms with Crippen LogP contribution in [0.2, 0.25) is 0 Å². The summed E-state index contributed by atoms with van der Waals surface area (Å²) in [6.07, 6.45) is 3.21. The molecule has 18 heavy (non-hydrogen) atoms. The van der Waals surface area contributed by atoms with Gasteiger partial charge in [0.05, 0.1) is 24.7 Å². The Labute approximate surface area is 111 Å². The third-order valence-corrected chi connectivity index (χ3v) is 3.29. The molecule has 0 atom stereocenters. The van der Waals surface area contributed by atoms with E-state index >= 15 is 0 Å². The van der Waals surface area contributed by atoms with E-state index in [0.717, 1.165) is 16.2 Å². The molecule has 5 heteroatoms.